The Balaban J connectivity index is 2.81. The van der Waals surface area contributed by atoms with Crippen molar-refractivity contribution in [2.75, 3.05) is 0 Å². The van der Waals surface area contributed by atoms with Crippen LogP contribution in [0.3, 0.4) is 0 Å². The van der Waals surface area contributed by atoms with Crippen LogP contribution in [-0.4, -0.2) is 18.0 Å². The largest absolute Gasteiger partial charge is 0.487 e. The van der Waals surface area contributed by atoms with Crippen LogP contribution in [0.2, 0.25) is 0 Å². The number of para-hydroxylation sites is 1. The number of ether oxygens (including phenoxy) is 3. The van der Waals surface area contributed by atoms with E-state index in [4.69, 9.17) is 14.2 Å². The topological polar surface area (TPSA) is 61.8 Å². The maximum Gasteiger partial charge on any atom is 0.311 e. The fourth-order valence-electron chi connectivity index (χ4n) is 2.75. The lowest BCUT2D eigenvalue weighted by Crippen LogP contribution is -2.14. The Morgan fingerprint density at radius 2 is 1.32 bits per heavy atom. The highest BCUT2D eigenvalue weighted by atomic mass is 16.6. The normalized spacial score (nSPS) is 10.8. The van der Waals surface area contributed by atoms with Gasteiger partial charge in [-0.1, -0.05) is 58.4 Å². The van der Waals surface area contributed by atoms with Gasteiger partial charge in [-0.2, -0.15) is 0 Å². The van der Waals surface area contributed by atoms with Crippen LogP contribution in [0.5, 0.6) is 17.2 Å². The van der Waals surface area contributed by atoms with Crippen molar-refractivity contribution < 1.29 is 23.8 Å². The van der Waals surface area contributed by atoms with E-state index >= 15 is 0 Å². The minimum Gasteiger partial charge on any atom is -0.487 e. The predicted molar refractivity (Wildman–Crippen MR) is 111 cm³/mol. The molecule has 0 fully saturated rings. The number of carbonyl (C=O) groups is 2. The fourth-order valence-corrected chi connectivity index (χ4v) is 2.75. The number of hydrogen-bond acceptors (Lipinski definition) is 5. The molecular weight excluding hydrogens is 356 g/mol. The molecule has 28 heavy (non-hydrogen) atoms. The van der Waals surface area contributed by atoms with E-state index in [1.165, 1.54) is 0 Å². The first kappa shape index (κ1) is 24.0. The first-order valence-corrected chi connectivity index (χ1v) is 10.7. The third kappa shape index (κ3) is 9.77. The highest BCUT2D eigenvalue weighted by Crippen LogP contribution is 2.38. The molecular formula is C23H36O5. The Kier molecular flexibility index (Phi) is 12.0. The van der Waals surface area contributed by atoms with Gasteiger partial charge in [-0.25, -0.2) is 0 Å². The van der Waals surface area contributed by atoms with E-state index in [1.807, 2.05) is 13.8 Å². The SMILES string of the molecule is CCCCCCC(=O)Oc1cccc(OC(C)C)c1OC(=O)CCCCCC. The van der Waals surface area contributed by atoms with Gasteiger partial charge in [0, 0.05) is 12.8 Å². The Hall–Kier alpha value is -2.04. The molecule has 0 N–H and O–H groups in total. The molecule has 0 amide bonds. The van der Waals surface area contributed by atoms with Gasteiger partial charge in [0.15, 0.2) is 11.5 Å². The van der Waals surface area contributed by atoms with Crippen molar-refractivity contribution in [1.82, 2.24) is 0 Å². The number of carbonyl (C=O) groups excluding carboxylic acids is 2. The molecule has 0 unspecified atom stereocenters. The fraction of sp³-hybridized carbons (Fsp3) is 0.652. The van der Waals surface area contributed by atoms with Crippen LogP contribution in [0.1, 0.15) is 91.9 Å². The zero-order chi connectivity index (χ0) is 20.8. The molecule has 0 aliphatic heterocycles. The van der Waals surface area contributed by atoms with Crippen molar-refractivity contribution in [2.24, 2.45) is 0 Å². The van der Waals surface area contributed by atoms with Gasteiger partial charge in [0.2, 0.25) is 5.75 Å². The van der Waals surface area contributed by atoms with Gasteiger partial charge >= 0.3 is 11.9 Å². The molecule has 0 spiro atoms. The minimum atomic E-state index is -0.337. The zero-order valence-electron chi connectivity index (χ0n) is 17.9. The van der Waals surface area contributed by atoms with Crippen LogP contribution in [0.4, 0.5) is 0 Å². The molecule has 0 aromatic heterocycles. The van der Waals surface area contributed by atoms with E-state index in [0.717, 1.165) is 51.4 Å². The maximum atomic E-state index is 12.3. The third-order valence-electron chi connectivity index (χ3n) is 4.21. The van der Waals surface area contributed by atoms with Crippen molar-refractivity contribution >= 4 is 11.9 Å². The van der Waals surface area contributed by atoms with E-state index in [1.54, 1.807) is 18.2 Å². The van der Waals surface area contributed by atoms with Gasteiger partial charge in [-0.05, 0) is 38.8 Å². The average molecular weight is 393 g/mol. The molecule has 0 atom stereocenters. The summed E-state index contributed by atoms with van der Waals surface area (Å²) in [5, 5.41) is 0. The highest BCUT2D eigenvalue weighted by Gasteiger charge is 2.19. The summed E-state index contributed by atoms with van der Waals surface area (Å²) >= 11 is 0. The van der Waals surface area contributed by atoms with Crippen molar-refractivity contribution in [1.29, 1.82) is 0 Å². The van der Waals surface area contributed by atoms with Crippen molar-refractivity contribution in [3.8, 4) is 17.2 Å². The molecule has 1 aromatic rings. The number of benzene rings is 1. The molecule has 158 valence electrons. The van der Waals surface area contributed by atoms with Gasteiger partial charge < -0.3 is 14.2 Å². The van der Waals surface area contributed by atoms with E-state index in [-0.39, 0.29) is 29.5 Å². The number of hydrogen-bond donors (Lipinski definition) is 0. The van der Waals surface area contributed by atoms with Crippen LogP contribution in [-0.2, 0) is 9.59 Å². The molecule has 0 radical (unpaired) electrons. The molecule has 1 rings (SSSR count). The zero-order valence-corrected chi connectivity index (χ0v) is 17.9. The molecule has 0 saturated carbocycles. The van der Waals surface area contributed by atoms with E-state index in [2.05, 4.69) is 13.8 Å². The van der Waals surface area contributed by atoms with Crippen LogP contribution < -0.4 is 14.2 Å². The monoisotopic (exact) mass is 392 g/mol. The van der Waals surface area contributed by atoms with E-state index in [0.29, 0.717) is 18.6 Å². The van der Waals surface area contributed by atoms with Crippen LogP contribution in [0.25, 0.3) is 0 Å². The lowest BCUT2D eigenvalue weighted by Gasteiger charge is -2.17. The minimum absolute atomic E-state index is 0.0954. The van der Waals surface area contributed by atoms with Gasteiger partial charge in [0.05, 0.1) is 6.10 Å². The van der Waals surface area contributed by atoms with E-state index < -0.39 is 0 Å². The van der Waals surface area contributed by atoms with Crippen LogP contribution >= 0.6 is 0 Å². The predicted octanol–water partition coefficient (Wildman–Crippen LogP) is 6.23. The Bertz CT molecular complexity index is 595. The van der Waals surface area contributed by atoms with Crippen molar-refractivity contribution in [2.45, 2.75) is 98.0 Å². The summed E-state index contributed by atoms with van der Waals surface area (Å²) in [4.78, 5) is 24.5. The highest BCUT2D eigenvalue weighted by molar-refractivity contribution is 5.77. The Morgan fingerprint density at radius 1 is 0.786 bits per heavy atom. The second-order valence-corrected chi connectivity index (χ2v) is 7.32. The molecule has 0 bridgehead atoms. The first-order chi connectivity index (χ1) is 13.5. The summed E-state index contributed by atoms with van der Waals surface area (Å²) in [7, 11) is 0. The summed E-state index contributed by atoms with van der Waals surface area (Å²) in [6.45, 7) is 8.04. The Morgan fingerprint density at radius 3 is 1.86 bits per heavy atom. The third-order valence-corrected chi connectivity index (χ3v) is 4.21. The molecule has 1 aromatic carbocycles. The van der Waals surface area contributed by atoms with Gasteiger partial charge in [0.25, 0.3) is 0 Å². The number of rotatable bonds is 14. The molecule has 5 heteroatoms. The van der Waals surface area contributed by atoms with Crippen molar-refractivity contribution in [3.05, 3.63) is 18.2 Å². The lowest BCUT2D eigenvalue weighted by molar-refractivity contribution is -0.137. The van der Waals surface area contributed by atoms with Crippen LogP contribution in [0.15, 0.2) is 18.2 Å². The van der Waals surface area contributed by atoms with Gasteiger partial charge in [-0.3, -0.25) is 9.59 Å². The average Bonchev–Trinajstić information content (AvgIpc) is 2.64. The molecule has 5 nitrogen and oxygen atoms in total. The van der Waals surface area contributed by atoms with Gasteiger partial charge in [0.1, 0.15) is 0 Å². The first-order valence-electron chi connectivity index (χ1n) is 10.7. The number of esters is 2. The number of unbranched alkanes of at least 4 members (excludes halogenated alkanes) is 6. The summed E-state index contributed by atoms with van der Waals surface area (Å²) < 4.78 is 16.8. The van der Waals surface area contributed by atoms with Crippen LogP contribution in [0, 0.1) is 0 Å². The summed E-state index contributed by atoms with van der Waals surface area (Å²) in [5.41, 5.74) is 0. The Labute approximate surface area is 169 Å². The second-order valence-electron chi connectivity index (χ2n) is 7.32. The second kappa shape index (κ2) is 14.0. The standard InChI is InChI=1S/C23H36O5/c1-5-7-9-11-16-21(24)27-20-15-13-14-19(26-18(3)4)23(20)28-22(25)17-12-10-8-6-2/h13-15,18H,5-12,16-17H2,1-4H3. The maximum absolute atomic E-state index is 12.3. The summed E-state index contributed by atoms with van der Waals surface area (Å²) in [6.07, 6.45) is 8.58. The quantitative estimate of drug-likeness (QED) is 0.213. The summed E-state index contributed by atoms with van der Waals surface area (Å²) in [5.74, 6) is 0.182. The molecule has 0 saturated heterocycles. The molecule has 0 aliphatic rings. The smallest absolute Gasteiger partial charge is 0.311 e. The lowest BCUT2D eigenvalue weighted by atomic mass is 10.1. The van der Waals surface area contributed by atoms with Gasteiger partial charge in [-0.15, -0.1) is 0 Å². The molecule has 0 aliphatic carbocycles. The van der Waals surface area contributed by atoms with E-state index in [9.17, 15) is 9.59 Å². The van der Waals surface area contributed by atoms with Crippen molar-refractivity contribution in [3.63, 3.8) is 0 Å². The molecule has 0 heterocycles. The summed E-state index contributed by atoms with van der Waals surface area (Å²) in [6, 6.07) is 5.09.